The highest BCUT2D eigenvalue weighted by atomic mass is 35.5. The molecule has 3 aromatic rings. The monoisotopic (exact) mass is 430 g/mol. The van der Waals surface area contributed by atoms with Gasteiger partial charge < -0.3 is 10.1 Å². The number of halogens is 1. The Labute approximate surface area is 174 Å². The van der Waals surface area contributed by atoms with Crippen LogP contribution in [-0.2, 0) is 10.0 Å². The second-order valence-electron chi connectivity index (χ2n) is 6.05. The molecule has 8 heteroatoms. The molecule has 0 aromatic heterocycles. The summed E-state index contributed by atoms with van der Waals surface area (Å²) in [4.78, 5) is 12.5. The van der Waals surface area contributed by atoms with E-state index < -0.39 is 10.0 Å². The third-order valence-corrected chi connectivity index (χ3v) is 5.56. The summed E-state index contributed by atoms with van der Waals surface area (Å²) in [5.74, 6) is 0.318. The van der Waals surface area contributed by atoms with Crippen LogP contribution in [0.2, 0.25) is 5.02 Å². The number of hydrogen-bond acceptors (Lipinski definition) is 4. The highest BCUT2D eigenvalue weighted by Crippen LogP contribution is 2.21. The number of nitrogens with one attached hydrogen (secondary N) is 2. The average molecular weight is 431 g/mol. The summed E-state index contributed by atoms with van der Waals surface area (Å²) >= 11 is 5.82. The summed E-state index contributed by atoms with van der Waals surface area (Å²) in [6.07, 6.45) is 0. The molecule has 0 saturated carbocycles. The zero-order valence-corrected chi connectivity index (χ0v) is 17.1. The standard InChI is InChI=1S/C21H19ClN2O4S/c1-2-28-19-12-6-15(7-13-19)21(25)23-18-4-3-5-20(14-18)29(26,27)24-17-10-8-16(22)9-11-17/h3-14,24H,2H2,1H3,(H,23,25). The van der Waals surface area contributed by atoms with Gasteiger partial charge in [0, 0.05) is 22.0 Å². The van der Waals surface area contributed by atoms with Gasteiger partial charge in [-0.15, -0.1) is 0 Å². The van der Waals surface area contributed by atoms with Gasteiger partial charge in [0.25, 0.3) is 15.9 Å². The van der Waals surface area contributed by atoms with E-state index in [9.17, 15) is 13.2 Å². The van der Waals surface area contributed by atoms with Crippen molar-refractivity contribution < 1.29 is 17.9 Å². The first-order chi connectivity index (χ1) is 13.9. The highest BCUT2D eigenvalue weighted by Gasteiger charge is 2.15. The van der Waals surface area contributed by atoms with Gasteiger partial charge in [-0.3, -0.25) is 9.52 Å². The molecule has 0 bridgehead atoms. The van der Waals surface area contributed by atoms with Gasteiger partial charge in [-0.25, -0.2) is 8.42 Å². The number of anilines is 2. The van der Waals surface area contributed by atoms with E-state index in [4.69, 9.17) is 16.3 Å². The van der Waals surface area contributed by atoms with E-state index in [2.05, 4.69) is 10.0 Å². The Balaban J connectivity index is 1.74. The van der Waals surface area contributed by atoms with Gasteiger partial charge in [-0.2, -0.15) is 0 Å². The van der Waals surface area contributed by atoms with Crippen molar-refractivity contribution in [2.45, 2.75) is 11.8 Å². The molecule has 0 aliphatic carbocycles. The van der Waals surface area contributed by atoms with Crippen molar-refractivity contribution in [3.8, 4) is 5.75 Å². The Bertz CT molecular complexity index is 1100. The Morgan fingerprint density at radius 1 is 0.966 bits per heavy atom. The number of carbonyl (C=O) groups excluding carboxylic acids is 1. The van der Waals surface area contributed by atoms with Gasteiger partial charge in [-0.05, 0) is 73.7 Å². The minimum absolute atomic E-state index is 0.0249. The molecule has 0 saturated heterocycles. The SMILES string of the molecule is CCOc1ccc(C(=O)Nc2cccc(S(=O)(=O)Nc3ccc(Cl)cc3)c2)cc1. The van der Waals surface area contributed by atoms with Crippen LogP contribution >= 0.6 is 11.6 Å². The summed E-state index contributed by atoms with van der Waals surface area (Å²) in [5, 5.41) is 3.21. The maximum Gasteiger partial charge on any atom is 0.261 e. The van der Waals surface area contributed by atoms with E-state index in [1.54, 1.807) is 60.7 Å². The van der Waals surface area contributed by atoms with E-state index >= 15 is 0 Å². The van der Waals surface area contributed by atoms with E-state index in [1.165, 1.54) is 12.1 Å². The van der Waals surface area contributed by atoms with Crippen LogP contribution in [-0.4, -0.2) is 20.9 Å². The molecule has 1 amide bonds. The molecule has 3 rings (SSSR count). The van der Waals surface area contributed by atoms with E-state index in [-0.39, 0.29) is 10.8 Å². The van der Waals surface area contributed by atoms with Crippen molar-refractivity contribution in [1.29, 1.82) is 0 Å². The zero-order valence-electron chi connectivity index (χ0n) is 15.6. The smallest absolute Gasteiger partial charge is 0.261 e. The molecular weight excluding hydrogens is 412 g/mol. The molecule has 3 aromatic carbocycles. The van der Waals surface area contributed by atoms with Crippen molar-refractivity contribution in [2.24, 2.45) is 0 Å². The van der Waals surface area contributed by atoms with Crippen LogP contribution in [0.5, 0.6) is 5.75 Å². The molecule has 29 heavy (non-hydrogen) atoms. The van der Waals surface area contributed by atoms with Crippen LogP contribution in [0.15, 0.2) is 77.7 Å². The first-order valence-corrected chi connectivity index (χ1v) is 10.7. The fraction of sp³-hybridized carbons (Fsp3) is 0.0952. The third-order valence-electron chi connectivity index (χ3n) is 3.93. The molecule has 0 aliphatic heterocycles. The van der Waals surface area contributed by atoms with Crippen molar-refractivity contribution in [1.82, 2.24) is 0 Å². The number of sulfonamides is 1. The molecule has 0 fully saturated rings. The van der Waals surface area contributed by atoms with E-state index in [0.717, 1.165) is 0 Å². The molecule has 0 aliphatic rings. The van der Waals surface area contributed by atoms with Gasteiger partial charge >= 0.3 is 0 Å². The van der Waals surface area contributed by atoms with E-state index in [0.29, 0.717) is 34.3 Å². The summed E-state index contributed by atoms with van der Waals surface area (Å²) in [6, 6.07) is 19.0. The highest BCUT2D eigenvalue weighted by molar-refractivity contribution is 7.92. The van der Waals surface area contributed by atoms with Crippen LogP contribution in [0, 0.1) is 0 Å². The van der Waals surface area contributed by atoms with Crippen LogP contribution in [0.4, 0.5) is 11.4 Å². The Hall–Kier alpha value is -3.03. The number of benzene rings is 3. The topological polar surface area (TPSA) is 84.5 Å². The first-order valence-electron chi connectivity index (χ1n) is 8.80. The van der Waals surface area contributed by atoms with Crippen molar-refractivity contribution in [3.63, 3.8) is 0 Å². The van der Waals surface area contributed by atoms with Gasteiger partial charge in [0.05, 0.1) is 11.5 Å². The maximum atomic E-state index is 12.6. The Morgan fingerprint density at radius 2 is 1.66 bits per heavy atom. The fourth-order valence-corrected chi connectivity index (χ4v) is 3.78. The lowest BCUT2D eigenvalue weighted by Crippen LogP contribution is -2.15. The molecule has 150 valence electrons. The van der Waals surface area contributed by atoms with Crippen LogP contribution in [0.25, 0.3) is 0 Å². The Kier molecular flexibility index (Phi) is 6.41. The van der Waals surface area contributed by atoms with Gasteiger partial charge in [0.1, 0.15) is 5.75 Å². The zero-order chi connectivity index (χ0) is 20.9. The molecule has 0 spiro atoms. The van der Waals surface area contributed by atoms with Crippen LogP contribution in [0.1, 0.15) is 17.3 Å². The fourth-order valence-electron chi connectivity index (χ4n) is 2.55. The minimum Gasteiger partial charge on any atom is -0.494 e. The average Bonchev–Trinajstić information content (AvgIpc) is 2.70. The van der Waals surface area contributed by atoms with Gasteiger partial charge in [0.2, 0.25) is 0 Å². The number of hydrogen-bond donors (Lipinski definition) is 2. The molecular formula is C21H19ClN2O4S. The third kappa shape index (κ3) is 5.49. The Morgan fingerprint density at radius 3 is 2.31 bits per heavy atom. The predicted octanol–water partition coefficient (Wildman–Crippen LogP) is 4.79. The number of ether oxygens (including phenoxy) is 1. The second-order valence-corrected chi connectivity index (χ2v) is 8.17. The largest absolute Gasteiger partial charge is 0.494 e. The second kappa shape index (κ2) is 8.98. The molecule has 0 radical (unpaired) electrons. The first kappa shape index (κ1) is 20.7. The molecule has 0 atom stereocenters. The van der Waals surface area contributed by atoms with E-state index in [1.807, 2.05) is 6.92 Å². The quantitative estimate of drug-likeness (QED) is 0.564. The lowest BCUT2D eigenvalue weighted by molar-refractivity contribution is 0.102. The number of carbonyl (C=O) groups is 1. The minimum atomic E-state index is -3.82. The molecule has 0 unspecified atom stereocenters. The molecule has 2 N–H and O–H groups in total. The van der Waals surface area contributed by atoms with Gasteiger partial charge in [-0.1, -0.05) is 17.7 Å². The predicted molar refractivity (Wildman–Crippen MR) is 114 cm³/mol. The normalized spacial score (nSPS) is 11.0. The number of amides is 1. The maximum absolute atomic E-state index is 12.6. The van der Waals surface area contributed by atoms with Crippen LogP contribution in [0.3, 0.4) is 0 Å². The summed E-state index contributed by atoms with van der Waals surface area (Å²) in [6.45, 7) is 2.42. The lowest BCUT2D eigenvalue weighted by atomic mass is 10.2. The van der Waals surface area contributed by atoms with Crippen molar-refractivity contribution in [3.05, 3.63) is 83.4 Å². The van der Waals surface area contributed by atoms with Crippen LogP contribution < -0.4 is 14.8 Å². The molecule has 0 heterocycles. The van der Waals surface area contributed by atoms with Crippen molar-refractivity contribution in [2.75, 3.05) is 16.6 Å². The van der Waals surface area contributed by atoms with Crippen molar-refractivity contribution >= 4 is 38.9 Å². The van der Waals surface area contributed by atoms with Gasteiger partial charge in [0.15, 0.2) is 0 Å². The number of rotatable bonds is 7. The summed E-state index contributed by atoms with van der Waals surface area (Å²) in [7, 11) is -3.82. The molecule has 6 nitrogen and oxygen atoms in total. The lowest BCUT2D eigenvalue weighted by Gasteiger charge is -2.11. The summed E-state index contributed by atoms with van der Waals surface area (Å²) < 4.78 is 33.1. The summed E-state index contributed by atoms with van der Waals surface area (Å²) in [5.41, 5.74) is 1.18.